The lowest BCUT2D eigenvalue weighted by molar-refractivity contribution is 0.434. The van der Waals surface area contributed by atoms with E-state index in [9.17, 15) is 4.39 Å². The van der Waals surface area contributed by atoms with Crippen molar-refractivity contribution in [2.24, 2.45) is 0 Å². The van der Waals surface area contributed by atoms with Gasteiger partial charge in [-0.2, -0.15) is 5.10 Å². The number of halogens is 1. The van der Waals surface area contributed by atoms with Crippen molar-refractivity contribution in [2.45, 2.75) is 12.8 Å². The predicted molar refractivity (Wildman–Crippen MR) is 97.1 cm³/mol. The first-order valence-corrected chi connectivity index (χ1v) is 8.46. The van der Waals surface area contributed by atoms with Gasteiger partial charge in [0, 0.05) is 17.2 Å². The molecular weight excluding hydrogens is 347 g/mol. The summed E-state index contributed by atoms with van der Waals surface area (Å²) in [5, 5.41) is 11.2. The molecule has 6 nitrogen and oxygen atoms in total. The van der Waals surface area contributed by atoms with E-state index in [4.69, 9.17) is 15.0 Å². The van der Waals surface area contributed by atoms with E-state index < -0.39 is 5.82 Å². The topological polar surface area (TPSA) is 90.0 Å². The number of hydrogen-bond donors (Lipinski definition) is 2. The van der Waals surface area contributed by atoms with Gasteiger partial charge in [0.1, 0.15) is 11.4 Å². The molecule has 1 aliphatic carbocycles. The minimum atomic E-state index is -0.441. The summed E-state index contributed by atoms with van der Waals surface area (Å²) in [4.78, 5) is 0. The first kappa shape index (κ1) is 15.6. The van der Waals surface area contributed by atoms with Gasteiger partial charge in [0.25, 0.3) is 0 Å². The van der Waals surface area contributed by atoms with Gasteiger partial charge < -0.3 is 15.0 Å². The zero-order chi connectivity index (χ0) is 18.5. The van der Waals surface area contributed by atoms with Crippen molar-refractivity contribution < 1.29 is 13.7 Å². The summed E-state index contributed by atoms with van der Waals surface area (Å²) >= 11 is 0. The molecule has 2 aromatic heterocycles. The molecule has 3 N–H and O–H groups in total. The molecule has 27 heavy (non-hydrogen) atoms. The summed E-state index contributed by atoms with van der Waals surface area (Å²) in [6, 6.07) is 13.9. The van der Waals surface area contributed by atoms with Gasteiger partial charge in [0.05, 0.1) is 5.56 Å². The normalized spacial score (nSPS) is 14.8. The van der Waals surface area contributed by atoms with E-state index in [2.05, 4.69) is 15.4 Å². The summed E-state index contributed by atoms with van der Waals surface area (Å²) in [6.07, 6.45) is 0. The Morgan fingerprint density at radius 1 is 1.15 bits per heavy atom. The number of ether oxygens (including phenoxy) is 1. The van der Waals surface area contributed by atoms with Crippen molar-refractivity contribution in [1.82, 2.24) is 15.4 Å². The van der Waals surface area contributed by atoms with E-state index in [1.807, 2.05) is 25.1 Å². The lowest BCUT2D eigenvalue weighted by Crippen LogP contribution is -2.04. The highest BCUT2D eigenvalue weighted by atomic mass is 19.1. The van der Waals surface area contributed by atoms with Gasteiger partial charge in [0.15, 0.2) is 23.1 Å². The maximum atomic E-state index is 14.4. The van der Waals surface area contributed by atoms with E-state index in [-0.39, 0.29) is 11.7 Å². The van der Waals surface area contributed by atoms with Crippen molar-refractivity contribution >= 4 is 5.82 Å². The molecule has 4 aromatic rings. The number of nitrogens with zero attached hydrogens (tertiary/aromatic N) is 2. The molecule has 1 aliphatic rings. The van der Waals surface area contributed by atoms with Gasteiger partial charge in [-0.15, -0.1) is 0 Å². The van der Waals surface area contributed by atoms with E-state index in [0.717, 1.165) is 22.4 Å². The number of H-pyrrole nitrogens is 1. The second kappa shape index (κ2) is 5.70. The number of aromatic amines is 1. The van der Waals surface area contributed by atoms with Gasteiger partial charge in [-0.25, -0.2) is 4.39 Å². The number of para-hydroxylation sites is 1. The van der Waals surface area contributed by atoms with E-state index in [1.165, 1.54) is 6.07 Å². The average molecular weight is 362 g/mol. The van der Waals surface area contributed by atoms with Crippen LogP contribution in [0.4, 0.5) is 10.2 Å². The Bertz CT molecular complexity index is 1100. The van der Waals surface area contributed by atoms with Crippen LogP contribution in [-0.4, -0.2) is 15.4 Å². The molecule has 0 amide bonds. The van der Waals surface area contributed by atoms with Crippen LogP contribution in [0.1, 0.15) is 28.3 Å². The number of nitrogens with one attached hydrogen (secondary N) is 1. The van der Waals surface area contributed by atoms with Crippen LogP contribution in [0.25, 0.3) is 11.5 Å². The average Bonchev–Trinajstić information content (AvgIpc) is 3.32. The second-order valence-electron chi connectivity index (χ2n) is 6.46. The molecule has 0 aliphatic heterocycles. The molecular formula is C20H15FN4O2. The Balaban J connectivity index is 1.64. The number of benzene rings is 2. The highest BCUT2D eigenvalue weighted by Gasteiger charge is 2.40. The number of fused-ring (bicyclic) bond motifs is 3. The smallest absolute Gasteiger partial charge is 0.193 e. The molecule has 0 saturated carbocycles. The van der Waals surface area contributed by atoms with E-state index in [0.29, 0.717) is 23.0 Å². The van der Waals surface area contributed by atoms with Gasteiger partial charge in [0.2, 0.25) is 0 Å². The molecule has 134 valence electrons. The maximum absolute atomic E-state index is 14.4. The first-order chi connectivity index (χ1) is 13.1. The van der Waals surface area contributed by atoms with Crippen LogP contribution in [0, 0.1) is 12.7 Å². The fraction of sp³-hybridized carbons (Fsp3) is 0.100. The Kier molecular flexibility index (Phi) is 3.30. The third-order valence-electron chi connectivity index (χ3n) is 4.80. The molecule has 0 spiro atoms. The molecule has 0 saturated heterocycles. The third-order valence-corrected chi connectivity index (χ3v) is 4.80. The molecule has 2 aromatic carbocycles. The number of hydrogen-bond acceptors (Lipinski definition) is 5. The minimum Gasteiger partial charge on any atom is -0.454 e. The second-order valence-corrected chi connectivity index (χ2v) is 6.46. The zero-order valence-corrected chi connectivity index (χ0v) is 14.4. The van der Waals surface area contributed by atoms with Gasteiger partial charge in [-0.3, -0.25) is 5.10 Å². The molecule has 0 bridgehead atoms. The lowest BCUT2D eigenvalue weighted by Gasteiger charge is -2.15. The van der Waals surface area contributed by atoms with Crippen molar-refractivity contribution in [3.63, 3.8) is 0 Å². The minimum absolute atomic E-state index is 0.143. The molecule has 2 heterocycles. The van der Waals surface area contributed by atoms with Gasteiger partial charge in [-0.05, 0) is 36.8 Å². The van der Waals surface area contributed by atoms with Crippen LogP contribution in [0.3, 0.4) is 0 Å². The number of nitrogens with two attached hydrogens (primary N) is 1. The summed E-state index contributed by atoms with van der Waals surface area (Å²) in [7, 11) is 0. The molecule has 0 radical (unpaired) electrons. The zero-order valence-electron chi connectivity index (χ0n) is 14.4. The van der Waals surface area contributed by atoms with Crippen molar-refractivity contribution in [3.8, 4) is 23.0 Å². The summed E-state index contributed by atoms with van der Waals surface area (Å²) < 4.78 is 25.5. The van der Waals surface area contributed by atoms with Crippen LogP contribution < -0.4 is 10.5 Å². The van der Waals surface area contributed by atoms with Crippen LogP contribution in [-0.2, 0) is 0 Å². The molecule has 1 unspecified atom stereocenters. The molecule has 0 fully saturated rings. The molecule has 1 atom stereocenters. The molecule has 5 rings (SSSR count). The summed E-state index contributed by atoms with van der Waals surface area (Å²) in [6.45, 7) is 1.93. The highest BCUT2D eigenvalue weighted by Crippen LogP contribution is 2.51. The van der Waals surface area contributed by atoms with Gasteiger partial charge >= 0.3 is 0 Å². The highest BCUT2D eigenvalue weighted by molar-refractivity contribution is 5.78. The fourth-order valence-corrected chi connectivity index (χ4v) is 3.59. The lowest BCUT2D eigenvalue weighted by atomic mass is 9.89. The standard InChI is InChI=1S/C20H15FN4O2/c1-10-15-16(17-19(18(15)24-23-10)27-25-20(17)22)11-7-8-13(21)14(9-11)26-12-5-3-2-4-6-12/h2-9,16H,1H3,(H2,22,25)(H,23,24). The monoisotopic (exact) mass is 362 g/mol. The van der Waals surface area contributed by atoms with Crippen molar-refractivity contribution in [3.05, 3.63) is 76.7 Å². The van der Waals surface area contributed by atoms with Crippen LogP contribution in [0.15, 0.2) is 53.1 Å². The number of nitrogen functional groups attached to an aromatic ring is 1. The van der Waals surface area contributed by atoms with Crippen molar-refractivity contribution in [2.75, 3.05) is 5.73 Å². The largest absolute Gasteiger partial charge is 0.454 e. The van der Waals surface area contributed by atoms with Crippen molar-refractivity contribution in [1.29, 1.82) is 0 Å². The summed E-state index contributed by atoms with van der Waals surface area (Å²) in [5.41, 5.74) is 10.2. The number of anilines is 1. The van der Waals surface area contributed by atoms with Crippen LogP contribution in [0.5, 0.6) is 11.5 Å². The Morgan fingerprint density at radius 2 is 1.96 bits per heavy atom. The number of aromatic nitrogens is 3. The third kappa shape index (κ3) is 2.32. The van der Waals surface area contributed by atoms with Crippen LogP contribution in [0.2, 0.25) is 0 Å². The Hall–Kier alpha value is -3.61. The summed E-state index contributed by atoms with van der Waals surface area (Å²) in [5.74, 6) is 0.867. The SMILES string of the molecule is Cc1[nH]nc2c1C(c1ccc(F)c(Oc3ccccc3)c1)c1c(N)noc1-2. The van der Waals surface area contributed by atoms with E-state index in [1.54, 1.807) is 24.3 Å². The number of aryl methyl sites for hydroxylation is 1. The maximum Gasteiger partial charge on any atom is 0.193 e. The molecule has 7 heteroatoms. The Morgan fingerprint density at radius 3 is 2.78 bits per heavy atom. The Labute approximate surface area is 153 Å². The van der Waals surface area contributed by atoms with E-state index >= 15 is 0 Å². The number of rotatable bonds is 3. The van der Waals surface area contributed by atoms with Crippen LogP contribution >= 0.6 is 0 Å². The fourth-order valence-electron chi connectivity index (χ4n) is 3.59. The van der Waals surface area contributed by atoms with Gasteiger partial charge in [-0.1, -0.05) is 29.4 Å². The predicted octanol–water partition coefficient (Wildman–Crippen LogP) is 4.38. The quantitative estimate of drug-likeness (QED) is 0.497. The first-order valence-electron chi connectivity index (χ1n) is 8.46.